The Bertz CT molecular complexity index is 4530. The van der Waals surface area contributed by atoms with Gasteiger partial charge in [0.05, 0.1) is 62.4 Å². The molecule has 0 aliphatic heterocycles. The van der Waals surface area contributed by atoms with E-state index in [0.717, 1.165) is 122 Å². The number of fused-ring (bicyclic) bond motifs is 14. The summed E-state index contributed by atoms with van der Waals surface area (Å²) in [6.45, 7) is 9.23. The topological polar surface area (TPSA) is 70.8 Å². The summed E-state index contributed by atoms with van der Waals surface area (Å²) in [5.41, 5.74) is 14.4. The van der Waals surface area contributed by atoms with Crippen LogP contribution in [0.4, 0.5) is 39.8 Å². The quantitative estimate of drug-likeness (QED) is 0.142. The number of nitriles is 1. The molecule has 0 saturated carbocycles. The van der Waals surface area contributed by atoms with Crippen molar-refractivity contribution in [2.45, 2.75) is 0 Å². The molecule has 0 unspecified atom stereocenters. The van der Waals surface area contributed by atoms with E-state index >= 15 is 0 Å². The molecule has 8 heteroatoms. The van der Waals surface area contributed by atoms with E-state index < -0.39 is 0 Å². The van der Waals surface area contributed by atoms with Crippen molar-refractivity contribution in [2.24, 2.45) is 0 Å². The van der Waals surface area contributed by atoms with Crippen LogP contribution < -0.4 is 9.80 Å². The maximum Gasteiger partial charge on any atom is 0.234 e. The van der Waals surface area contributed by atoms with Crippen molar-refractivity contribution in [3.63, 3.8) is 0 Å². The Labute approximate surface area is 435 Å². The molecule has 15 rings (SSSR count). The van der Waals surface area contributed by atoms with Gasteiger partial charge in [0.2, 0.25) is 5.69 Å². The van der Waals surface area contributed by atoms with Crippen molar-refractivity contribution in [2.75, 3.05) is 9.80 Å². The van der Waals surface area contributed by atoms with Crippen LogP contribution in [0.25, 0.3) is 104 Å². The zero-order valence-corrected chi connectivity index (χ0v) is 40.6. The first-order valence-corrected chi connectivity index (χ1v) is 25.2. The highest BCUT2D eigenvalue weighted by molar-refractivity contribution is 6.26. The van der Waals surface area contributed by atoms with Crippen LogP contribution in [0.5, 0.6) is 0 Å². The highest BCUT2D eigenvalue weighted by Gasteiger charge is 2.27. The molecule has 4 heterocycles. The Hall–Kier alpha value is -10.8. The largest absolute Gasteiger partial charge is 0.455 e. The third kappa shape index (κ3) is 6.42. The predicted molar refractivity (Wildman–Crippen MR) is 310 cm³/mol. The first-order valence-electron chi connectivity index (χ1n) is 25.2. The summed E-state index contributed by atoms with van der Waals surface area (Å²) in [7, 11) is 0. The summed E-state index contributed by atoms with van der Waals surface area (Å²) in [6.07, 6.45) is 0. The molecule has 354 valence electrons. The molecule has 0 spiro atoms. The number of furan rings is 2. The predicted octanol–water partition coefficient (Wildman–Crippen LogP) is 19.0. The number of para-hydroxylation sites is 6. The minimum Gasteiger partial charge on any atom is -0.455 e. The Morgan fingerprint density at radius 3 is 1.12 bits per heavy atom. The van der Waals surface area contributed by atoms with Crippen LogP contribution in [0.3, 0.4) is 0 Å². The Kier molecular flexibility index (Phi) is 9.52. The van der Waals surface area contributed by atoms with Gasteiger partial charge in [-0.15, -0.1) is 0 Å². The van der Waals surface area contributed by atoms with Crippen LogP contribution in [-0.2, 0) is 0 Å². The molecule has 0 bridgehead atoms. The molecule has 0 aliphatic carbocycles. The first-order chi connectivity index (χ1) is 37.6. The van der Waals surface area contributed by atoms with Crippen LogP contribution in [0, 0.1) is 17.9 Å². The van der Waals surface area contributed by atoms with Crippen molar-refractivity contribution in [3.05, 3.63) is 260 Å². The number of hydrogen-bond donors (Lipinski definition) is 0. The van der Waals surface area contributed by atoms with Crippen molar-refractivity contribution < 1.29 is 8.83 Å². The third-order valence-electron chi connectivity index (χ3n) is 14.9. The zero-order chi connectivity index (χ0) is 50.4. The van der Waals surface area contributed by atoms with Gasteiger partial charge < -0.3 is 27.8 Å². The standard InChI is InChI=1S/C68H40N6O2/c1-70-66-60(73-56-34-30-48(71(44-18-6-2-7-19-44)45-20-8-3-9-21-45)40-54(56)64-58(73)36-32-52-50-26-14-16-28-62(50)75-67(52)64)38-43(42-69)39-61(66)74-57-35-31-49(72(46-22-10-4-11-23-46)47-24-12-5-13-25-47)41-55(57)65-59(74)37-33-53-51-27-15-17-29-63(51)76-68(53)65/h2-41H. The normalized spacial score (nSPS) is 11.7. The van der Waals surface area contributed by atoms with Gasteiger partial charge in [-0.3, -0.25) is 0 Å². The van der Waals surface area contributed by atoms with Crippen molar-refractivity contribution in [1.29, 1.82) is 5.26 Å². The summed E-state index contributed by atoms with van der Waals surface area (Å²) >= 11 is 0. The highest BCUT2D eigenvalue weighted by Crippen LogP contribution is 2.49. The average molecular weight is 973 g/mol. The zero-order valence-electron chi connectivity index (χ0n) is 40.6. The van der Waals surface area contributed by atoms with Gasteiger partial charge in [0.1, 0.15) is 22.3 Å². The molecule has 0 fully saturated rings. The van der Waals surface area contributed by atoms with E-state index in [1.807, 2.05) is 72.8 Å². The van der Waals surface area contributed by atoms with E-state index in [-0.39, 0.29) is 0 Å². The van der Waals surface area contributed by atoms with E-state index in [1.165, 1.54) is 0 Å². The monoisotopic (exact) mass is 972 g/mol. The summed E-state index contributed by atoms with van der Waals surface area (Å²) in [5.74, 6) is 0. The molecule has 0 atom stereocenters. The number of aromatic nitrogens is 2. The number of benzene rings is 11. The van der Waals surface area contributed by atoms with Crippen molar-refractivity contribution in [1.82, 2.24) is 9.13 Å². The SMILES string of the molecule is [C-]#[N+]c1c(-n2c3ccc(N(c4ccccc4)c4ccccc4)cc3c3c4oc5ccccc5c4ccc32)cc(C#N)cc1-n1c2ccc(N(c3ccccc3)c3ccccc3)cc2c2c3oc4ccccc4c3ccc21. The fourth-order valence-electron chi connectivity index (χ4n) is 11.7. The van der Waals surface area contributed by atoms with Gasteiger partial charge in [0.15, 0.2) is 0 Å². The summed E-state index contributed by atoms with van der Waals surface area (Å²) in [4.78, 5) is 8.98. The molecule has 0 aliphatic rings. The van der Waals surface area contributed by atoms with E-state index in [4.69, 9.17) is 8.83 Å². The van der Waals surface area contributed by atoms with E-state index in [9.17, 15) is 11.8 Å². The number of hydrogen-bond acceptors (Lipinski definition) is 5. The highest BCUT2D eigenvalue weighted by atomic mass is 16.3. The van der Waals surface area contributed by atoms with Gasteiger partial charge >= 0.3 is 0 Å². The van der Waals surface area contributed by atoms with Crippen LogP contribution in [-0.4, -0.2) is 9.13 Å². The van der Waals surface area contributed by atoms with Crippen molar-refractivity contribution >= 4 is 127 Å². The van der Waals surface area contributed by atoms with E-state index in [0.29, 0.717) is 22.6 Å². The van der Waals surface area contributed by atoms with Gasteiger partial charge in [-0.25, -0.2) is 4.85 Å². The second kappa shape index (κ2) is 16.9. The van der Waals surface area contributed by atoms with Crippen LogP contribution in [0.15, 0.2) is 251 Å². The molecule has 0 radical (unpaired) electrons. The molecular formula is C68H40N6O2. The van der Waals surface area contributed by atoms with Gasteiger partial charge in [-0.05, 0) is 133 Å². The molecular weight excluding hydrogens is 933 g/mol. The number of nitrogens with zero attached hydrogens (tertiary/aromatic N) is 6. The molecule has 11 aromatic carbocycles. The van der Waals surface area contributed by atoms with Crippen molar-refractivity contribution in [3.8, 4) is 17.4 Å². The van der Waals surface area contributed by atoms with Gasteiger partial charge in [-0.2, -0.15) is 5.26 Å². The lowest BCUT2D eigenvalue weighted by molar-refractivity contribution is 0.672. The minimum atomic E-state index is 0.379. The average Bonchev–Trinajstić information content (AvgIpc) is 4.26. The fourth-order valence-corrected chi connectivity index (χ4v) is 11.7. The smallest absolute Gasteiger partial charge is 0.234 e. The first kappa shape index (κ1) is 42.8. The van der Waals surface area contributed by atoms with Gasteiger partial charge in [-0.1, -0.05) is 109 Å². The molecule has 8 nitrogen and oxygen atoms in total. The van der Waals surface area contributed by atoms with Crippen LogP contribution >= 0.6 is 0 Å². The Balaban J connectivity index is 1.03. The minimum absolute atomic E-state index is 0.379. The lowest BCUT2D eigenvalue weighted by Crippen LogP contribution is -2.09. The second-order valence-corrected chi connectivity index (χ2v) is 19.0. The maximum atomic E-state index is 11.1. The third-order valence-corrected chi connectivity index (χ3v) is 14.9. The van der Waals surface area contributed by atoms with E-state index in [1.54, 1.807) is 0 Å². The molecule has 15 aromatic rings. The summed E-state index contributed by atoms with van der Waals surface area (Å²) < 4.78 is 18.0. The summed E-state index contributed by atoms with van der Waals surface area (Å²) in [5, 5.41) is 18.8. The van der Waals surface area contributed by atoms with Gasteiger partial charge in [0.25, 0.3) is 0 Å². The molecule has 0 saturated heterocycles. The van der Waals surface area contributed by atoms with E-state index in [2.05, 4.69) is 200 Å². The van der Waals surface area contributed by atoms with Crippen LogP contribution in [0.2, 0.25) is 0 Å². The molecule has 0 amide bonds. The fraction of sp³-hybridized carbons (Fsp3) is 0. The Morgan fingerprint density at radius 2 is 0.737 bits per heavy atom. The Morgan fingerprint density at radius 1 is 0.368 bits per heavy atom. The maximum absolute atomic E-state index is 11.1. The number of rotatable bonds is 8. The molecule has 76 heavy (non-hydrogen) atoms. The molecule has 4 aromatic heterocycles. The van der Waals surface area contributed by atoms with Gasteiger partial charge in [0, 0.05) is 66.4 Å². The lowest BCUT2D eigenvalue weighted by atomic mass is 10.1. The second-order valence-electron chi connectivity index (χ2n) is 19.0. The number of anilines is 6. The lowest BCUT2D eigenvalue weighted by Gasteiger charge is -2.25. The molecule has 0 N–H and O–H groups in total. The summed E-state index contributed by atoms with van der Waals surface area (Å²) in [6, 6.07) is 85.5. The van der Waals surface area contributed by atoms with Crippen LogP contribution in [0.1, 0.15) is 5.56 Å².